The molecule has 1 amide bonds. The van der Waals surface area contributed by atoms with E-state index in [4.69, 9.17) is 16.3 Å². The third kappa shape index (κ3) is 5.05. The smallest absolute Gasteiger partial charge is 0.234 e. The zero-order chi connectivity index (χ0) is 20.1. The molecule has 8 heteroatoms. The standard InChI is InChI=1S/C20H21ClN4O2S/c1-13-5-4-6-14(2)19(13)27-11-17-23-24-20(25(17)3)28-12-18(26)22-16-9-7-15(21)8-10-16/h4-10H,11-12H2,1-3H3,(H,22,26). The van der Waals surface area contributed by atoms with Gasteiger partial charge in [-0.1, -0.05) is 41.6 Å². The molecule has 0 atom stereocenters. The highest BCUT2D eigenvalue weighted by atomic mass is 35.5. The van der Waals surface area contributed by atoms with Gasteiger partial charge in [-0.2, -0.15) is 0 Å². The maximum atomic E-state index is 12.1. The lowest BCUT2D eigenvalue weighted by Gasteiger charge is -2.11. The number of nitrogens with one attached hydrogen (secondary N) is 1. The average Bonchev–Trinajstić information content (AvgIpc) is 3.01. The number of nitrogens with zero attached hydrogens (tertiary/aromatic N) is 3. The number of carbonyl (C=O) groups is 1. The number of thioether (sulfide) groups is 1. The molecule has 0 spiro atoms. The lowest BCUT2D eigenvalue weighted by atomic mass is 10.1. The molecule has 0 aliphatic carbocycles. The monoisotopic (exact) mass is 416 g/mol. The summed E-state index contributed by atoms with van der Waals surface area (Å²) in [5.41, 5.74) is 2.86. The fraction of sp³-hybridized carbons (Fsp3) is 0.250. The van der Waals surface area contributed by atoms with E-state index in [2.05, 4.69) is 15.5 Å². The quantitative estimate of drug-likeness (QED) is 0.578. The van der Waals surface area contributed by atoms with E-state index in [9.17, 15) is 4.79 Å². The molecule has 0 unspecified atom stereocenters. The summed E-state index contributed by atoms with van der Waals surface area (Å²) in [6, 6.07) is 13.0. The Morgan fingerprint density at radius 2 is 1.82 bits per heavy atom. The molecular weight excluding hydrogens is 396 g/mol. The average molecular weight is 417 g/mol. The van der Waals surface area contributed by atoms with Crippen molar-refractivity contribution in [1.29, 1.82) is 0 Å². The second kappa shape index (κ2) is 9.12. The third-order valence-electron chi connectivity index (χ3n) is 4.14. The molecule has 1 aromatic heterocycles. The Morgan fingerprint density at radius 3 is 2.50 bits per heavy atom. The van der Waals surface area contributed by atoms with Crippen molar-refractivity contribution in [2.45, 2.75) is 25.6 Å². The summed E-state index contributed by atoms with van der Waals surface area (Å²) in [5.74, 6) is 1.67. The fourth-order valence-electron chi connectivity index (χ4n) is 2.62. The number of hydrogen-bond donors (Lipinski definition) is 1. The molecule has 0 aliphatic rings. The van der Waals surface area contributed by atoms with Gasteiger partial charge in [0.05, 0.1) is 5.75 Å². The van der Waals surface area contributed by atoms with Crippen LogP contribution in [0.1, 0.15) is 17.0 Å². The van der Waals surface area contributed by atoms with E-state index in [1.165, 1.54) is 11.8 Å². The predicted molar refractivity (Wildman–Crippen MR) is 112 cm³/mol. The summed E-state index contributed by atoms with van der Waals surface area (Å²) in [4.78, 5) is 12.1. The molecule has 0 fully saturated rings. The van der Waals surface area contributed by atoms with Gasteiger partial charge in [-0.25, -0.2) is 0 Å². The van der Waals surface area contributed by atoms with Crippen LogP contribution in [0.3, 0.4) is 0 Å². The molecule has 6 nitrogen and oxygen atoms in total. The van der Waals surface area contributed by atoms with Crippen molar-refractivity contribution in [1.82, 2.24) is 14.8 Å². The van der Waals surface area contributed by atoms with Gasteiger partial charge in [-0.15, -0.1) is 10.2 Å². The number of anilines is 1. The second-order valence-electron chi connectivity index (χ2n) is 6.31. The van der Waals surface area contributed by atoms with E-state index in [1.54, 1.807) is 24.3 Å². The van der Waals surface area contributed by atoms with Crippen molar-refractivity contribution in [2.24, 2.45) is 7.05 Å². The van der Waals surface area contributed by atoms with E-state index < -0.39 is 0 Å². The number of hydrogen-bond acceptors (Lipinski definition) is 5. The number of rotatable bonds is 7. The van der Waals surface area contributed by atoms with Crippen LogP contribution in [0.5, 0.6) is 5.75 Å². The van der Waals surface area contributed by atoms with Gasteiger partial charge in [0.2, 0.25) is 5.91 Å². The number of aromatic nitrogens is 3. The summed E-state index contributed by atoms with van der Waals surface area (Å²) in [6.45, 7) is 4.34. The summed E-state index contributed by atoms with van der Waals surface area (Å²) < 4.78 is 7.78. The second-order valence-corrected chi connectivity index (χ2v) is 7.69. The van der Waals surface area contributed by atoms with Gasteiger partial charge >= 0.3 is 0 Å². The molecule has 146 valence electrons. The first-order valence-electron chi connectivity index (χ1n) is 8.69. The third-order valence-corrected chi connectivity index (χ3v) is 5.41. The highest BCUT2D eigenvalue weighted by Crippen LogP contribution is 2.24. The maximum absolute atomic E-state index is 12.1. The van der Waals surface area contributed by atoms with Gasteiger partial charge < -0.3 is 14.6 Å². The number of carbonyl (C=O) groups excluding carboxylic acids is 1. The predicted octanol–water partition coefficient (Wildman–Crippen LogP) is 4.40. The van der Waals surface area contributed by atoms with Gasteiger partial charge in [0.25, 0.3) is 0 Å². The first-order chi connectivity index (χ1) is 13.4. The molecule has 28 heavy (non-hydrogen) atoms. The van der Waals surface area contributed by atoms with E-state index >= 15 is 0 Å². The number of para-hydroxylation sites is 1. The van der Waals surface area contributed by atoms with Crippen LogP contribution >= 0.6 is 23.4 Å². The van der Waals surface area contributed by atoms with Crippen molar-refractivity contribution in [3.05, 3.63) is 64.4 Å². The Hall–Kier alpha value is -2.51. The van der Waals surface area contributed by atoms with Crippen LogP contribution in [0, 0.1) is 13.8 Å². The molecule has 0 aliphatic heterocycles. The highest BCUT2D eigenvalue weighted by molar-refractivity contribution is 7.99. The van der Waals surface area contributed by atoms with Crippen LogP contribution in [0.25, 0.3) is 0 Å². The Morgan fingerprint density at radius 1 is 1.14 bits per heavy atom. The topological polar surface area (TPSA) is 69.0 Å². The Labute approximate surface area is 173 Å². The van der Waals surface area contributed by atoms with E-state index in [-0.39, 0.29) is 11.7 Å². The van der Waals surface area contributed by atoms with Gasteiger partial charge in [0.1, 0.15) is 12.4 Å². The zero-order valence-corrected chi connectivity index (χ0v) is 17.5. The largest absolute Gasteiger partial charge is 0.485 e. The minimum Gasteiger partial charge on any atom is -0.485 e. The van der Waals surface area contributed by atoms with E-state index in [0.29, 0.717) is 28.3 Å². The first kappa shape index (κ1) is 20.2. The Kier molecular flexibility index (Phi) is 6.59. The molecule has 0 radical (unpaired) electrons. The molecule has 1 N–H and O–H groups in total. The summed E-state index contributed by atoms with van der Waals surface area (Å²) in [7, 11) is 1.86. The van der Waals surface area contributed by atoms with Crippen LogP contribution in [-0.2, 0) is 18.4 Å². The maximum Gasteiger partial charge on any atom is 0.234 e. The van der Waals surface area contributed by atoms with Crippen LogP contribution in [-0.4, -0.2) is 26.4 Å². The van der Waals surface area contributed by atoms with Crippen molar-refractivity contribution in [3.63, 3.8) is 0 Å². The van der Waals surface area contributed by atoms with Gasteiger partial charge in [0, 0.05) is 17.8 Å². The highest BCUT2D eigenvalue weighted by Gasteiger charge is 2.13. The van der Waals surface area contributed by atoms with Crippen molar-refractivity contribution in [3.8, 4) is 5.75 Å². The minimum atomic E-state index is -0.122. The van der Waals surface area contributed by atoms with Gasteiger partial charge in [-0.05, 0) is 49.2 Å². The van der Waals surface area contributed by atoms with E-state index in [1.807, 2.05) is 43.7 Å². The summed E-state index contributed by atoms with van der Waals surface area (Å²) >= 11 is 7.17. The number of aryl methyl sites for hydroxylation is 2. The van der Waals surface area contributed by atoms with Crippen LogP contribution in [0.15, 0.2) is 47.6 Å². The fourth-order valence-corrected chi connectivity index (χ4v) is 3.48. The minimum absolute atomic E-state index is 0.122. The molecular formula is C20H21ClN4O2S. The molecule has 0 bridgehead atoms. The molecule has 1 heterocycles. The Balaban J connectivity index is 1.55. The van der Waals surface area contributed by atoms with Gasteiger partial charge in [-0.3, -0.25) is 4.79 Å². The summed E-state index contributed by atoms with van der Waals surface area (Å²) in [5, 5.41) is 12.5. The van der Waals surface area contributed by atoms with Crippen molar-refractivity contribution in [2.75, 3.05) is 11.1 Å². The van der Waals surface area contributed by atoms with Gasteiger partial charge in [0.15, 0.2) is 11.0 Å². The molecule has 0 saturated heterocycles. The Bertz CT molecular complexity index is 953. The zero-order valence-electron chi connectivity index (χ0n) is 15.9. The molecule has 0 saturated carbocycles. The molecule has 3 aromatic rings. The van der Waals surface area contributed by atoms with Crippen LogP contribution < -0.4 is 10.1 Å². The molecule has 2 aromatic carbocycles. The number of halogens is 1. The lowest BCUT2D eigenvalue weighted by molar-refractivity contribution is -0.113. The van der Waals surface area contributed by atoms with Crippen molar-refractivity contribution >= 4 is 35.0 Å². The summed E-state index contributed by atoms with van der Waals surface area (Å²) in [6.07, 6.45) is 0. The van der Waals surface area contributed by atoms with Crippen LogP contribution in [0.2, 0.25) is 5.02 Å². The van der Waals surface area contributed by atoms with E-state index in [0.717, 1.165) is 16.9 Å². The number of benzene rings is 2. The number of amides is 1. The number of ether oxygens (including phenoxy) is 1. The normalized spacial score (nSPS) is 10.7. The molecule has 3 rings (SSSR count). The SMILES string of the molecule is Cc1cccc(C)c1OCc1nnc(SCC(=O)Nc2ccc(Cl)cc2)n1C. The first-order valence-corrected chi connectivity index (χ1v) is 10.1. The van der Waals surface area contributed by atoms with Crippen LogP contribution in [0.4, 0.5) is 5.69 Å². The lowest BCUT2D eigenvalue weighted by Crippen LogP contribution is -2.14. The van der Waals surface area contributed by atoms with Crippen molar-refractivity contribution < 1.29 is 9.53 Å².